The Labute approximate surface area is 172 Å². The molecule has 0 radical (unpaired) electrons. The summed E-state index contributed by atoms with van der Waals surface area (Å²) >= 11 is 0. The average molecular weight is 434 g/mol. The van der Waals surface area contributed by atoms with Gasteiger partial charge in [0, 0.05) is 17.9 Å². The lowest BCUT2D eigenvalue weighted by molar-refractivity contribution is -0.226. The number of carbonyl (C=O) groups is 2. The molecule has 0 aromatic rings. The van der Waals surface area contributed by atoms with Gasteiger partial charge in [-0.2, -0.15) is 13.2 Å². The number of nitrogens with two attached hydrogens (primary N) is 2. The van der Waals surface area contributed by atoms with Gasteiger partial charge in [-0.3, -0.25) is 9.59 Å². The zero-order valence-corrected chi connectivity index (χ0v) is 16.4. The van der Waals surface area contributed by atoms with Gasteiger partial charge in [-0.15, -0.1) is 0 Å². The molecule has 4 saturated carbocycles. The quantitative estimate of drug-likeness (QED) is 0.391. The second kappa shape index (κ2) is 7.43. The number of aliphatic hydroxyl groups excluding tert-OH is 3. The maximum atomic E-state index is 13.7. The number of rotatable bonds is 1. The minimum Gasteiger partial charge on any atom is -0.392 e. The van der Waals surface area contributed by atoms with Gasteiger partial charge >= 0.3 is 6.18 Å². The molecule has 0 aromatic heterocycles. The van der Waals surface area contributed by atoms with Crippen molar-refractivity contribution in [2.24, 2.45) is 58.8 Å². The smallest absolute Gasteiger partial charge is 0.392 e. The van der Waals surface area contributed by atoms with Crippen molar-refractivity contribution in [1.82, 2.24) is 0 Å². The van der Waals surface area contributed by atoms with Crippen molar-refractivity contribution < 1.29 is 38.1 Å². The van der Waals surface area contributed by atoms with E-state index < -0.39 is 90.1 Å². The lowest BCUT2D eigenvalue weighted by atomic mass is 9.50. The Balaban J connectivity index is 1.64. The predicted molar refractivity (Wildman–Crippen MR) is 97.3 cm³/mol. The second-order valence-electron chi connectivity index (χ2n) is 9.85. The molecule has 30 heavy (non-hydrogen) atoms. The van der Waals surface area contributed by atoms with Crippen molar-refractivity contribution in [1.29, 1.82) is 0 Å². The number of Topliss-reactive ketones (excluding diaryl/α,β-unsaturated/α-hetero) is 1. The van der Waals surface area contributed by atoms with E-state index in [9.17, 15) is 38.1 Å². The normalized spacial score (nSPS) is 51.5. The highest BCUT2D eigenvalue weighted by atomic mass is 19.4. The van der Waals surface area contributed by atoms with Crippen LogP contribution >= 0.6 is 0 Å². The molecule has 0 spiro atoms. The third kappa shape index (κ3) is 3.36. The summed E-state index contributed by atoms with van der Waals surface area (Å²) in [6.45, 7) is 0. The predicted octanol–water partition coefficient (Wildman–Crippen LogP) is -0.0524. The number of aliphatic hydroxyl groups is 3. The Kier molecular flexibility index (Phi) is 5.44. The number of hydrogen-bond acceptors (Lipinski definition) is 6. The minimum absolute atomic E-state index is 0.0741. The first kappa shape index (κ1) is 22.0. The monoisotopic (exact) mass is 434 g/mol. The number of primary amides is 1. The summed E-state index contributed by atoms with van der Waals surface area (Å²) in [6, 6.07) is -1.16. The molecule has 0 bridgehead atoms. The van der Waals surface area contributed by atoms with Crippen LogP contribution in [-0.2, 0) is 9.59 Å². The highest BCUT2D eigenvalue weighted by molar-refractivity contribution is 5.86. The number of hydrogen-bond donors (Lipinski definition) is 5. The summed E-state index contributed by atoms with van der Waals surface area (Å²) in [5.41, 5.74) is 11.1. The summed E-state index contributed by atoms with van der Waals surface area (Å²) < 4.78 is 41.1. The van der Waals surface area contributed by atoms with Crippen LogP contribution in [-0.4, -0.2) is 57.5 Å². The lowest BCUT2D eigenvalue weighted by Crippen LogP contribution is -2.64. The zero-order chi connectivity index (χ0) is 22.1. The first-order chi connectivity index (χ1) is 13.9. The van der Waals surface area contributed by atoms with Crippen LogP contribution in [0, 0.1) is 47.3 Å². The number of halogens is 3. The molecule has 4 fully saturated rings. The second-order valence-corrected chi connectivity index (χ2v) is 9.85. The van der Waals surface area contributed by atoms with Crippen LogP contribution in [0.1, 0.15) is 32.1 Å². The third-order valence-electron chi connectivity index (χ3n) is 8.39. The van der Waals surface area contributed by atoms with Crippen molar-refractivity contribution in [3.05, 3.63) is 0 Å². The molecule has 0 heterocycles. The van der Waals surface area contributed by atoms with E-state index in [-0.39, 0.29) is 25.2 Å². The molecule has 4 aliphatic rings. The Bertz CT molecular complexity index is 719. The summed E-state index contributed by atoms with van der Waals surface area (Å²) in [5.74, 6) is -8.14. The van der Waals surface area contributed by atoms with Gasteiger partial charge in [0.25, 0.3) is 0 Å². The van der Waals surface area contributed by atoms with E-state index in [1.54, 1.807) is 0 Å². The maximum absolute atomic E-state index is 13.7. The van der Waals surface area contributed by atoms with Gasteiger partial charge in [-0.1, -0.05) is 0 Å². The molecule has 0 saturated heterocycles. The standard InChI is InChI=1S/C20H29F3N2O5/c21-20(22,23)11-5-12(24)17(28)15-9(11)2-7-1-6-3-13(26)10(19(25)30)4-8(6)16(27)14(7)18(15)29/h6-17,26-28H,1-5,24H2,(H2,25,30). The molecule has 10 heteroatoms. The maximum Gasteiger partial charge on any atom is 0.392 e. The van der Waals surface area contributed by atoms with Gasteiger partial charge in [0.05, 0.1) is 30.1 Å². The summed E-state index contributed by atoms with van der Waals surface area (Å²) in [7, 11) is 0. The zero-order valence-electron chi connectivity index (χ0n) is 16.4. The molecular formula is C20H29F3N2O5. The Morgan fingerprint density at radius 2 is 1.57 bits per heavy atom. The molecule has 7 N–H and O–H groups in total. The molecule has 4 aliphatic carbocycles. The van der Waals surface area contributed by atoms with E-state index in [1.165, 1.54) is 0 Å². The summed E-state index contributed by atoms with van der Waals surface area (Å²) in [5, 5.41) is 31.8. The number of fused-ring (bicyclic) bond motifs is 3. The van der Waals surface area contributed by atoms with Gasteiger partial charge in [-0.05, 0) is 55.8 Å². The average Bonchev–Trinajstić information content (AvgIpc) is 2.62. The third-order valence-corrected chi connectivity index (χ3v) is 8.39. The van der Waals surface area contributed by atoms with E-state index in [4.69, 9.17) is 11.5 Å². The summed E-state index contributed by atoms with van der Waals surface area (Å²) in [6.07, 6.45) is -7.61. The molecule has 12 atom stereocenters. The van der Waals surface area contributed by atoms with Crippen molar-refractivity contribution in [2.75, 3.05) is 0 Å². The van der Waals surface area contributed by atoms with E-state index in [0.29, 0.717) is 6.42 Å². The topological polar surface area (TPSA) is 147 Å². The molecule has 0 aliphatic heterocycles. The van der Waals surface area contributed by atoms with Gasteiger partial charge in [0.2, 0.25) is 5.91 Å². The molecule has 170 valence electrons. The fourth-order valence-electron chi connectivity index (χ4n) is 7.03. The fraction of sp³-hybridized carbons (Fsp3) is 0.900. The van der Waals surface area contributed by atoms with E-state index in [2.05, 4.69) is 0 Å². The van der Waals surface area contributed by atoms with E-state index in [0.717, 1.165) is 0 Å². The SMILES string of the molecule is NC(=O)C1CC2C(CC1O)CC1CC3C(C(=O)C1C2O)C(O)C(N)CC3C(F)(F)F. The molecule has 0 aromatic carbocycles. The largest absolute Gasteiger partial charge is 0.392 e. The molecule has 7 nitrogen and oxygen atoms in total. The number of amides is 1. The fourth-order valence-corrected chi connectivity index (χ4v) is 7.03. The Morgan fingerprint density at radius 3 is 2.17 bits per heavy atom. The van der Waals surface area contributed by atoms with Gasteiger partial charge in [-0.25, -0.2) is 0 Å². The van der Waals surface area contributed by atoms with Crippen LogP contribution in [0.15, 0.2) is 0 Å². The number of ketones is 1. The first-order valence-corrected chi connectivity index (χ1v) is 10.6. The number of alkyl halides is 3. The lowest BCUT2D eigenvalue weighted by Gasteiger charge is -2.56. The summed E-state index contributed by atoms with van der Waals surface area (Å²) in [4.78, 5) is 25.0. The number of carbonyl (C=O) groups excluding carboxylic acids is 2. The van der Waals surface area contributed by atoms with Crippen LogP contribution < -0.4 is 11.5 Å². The molecule has 1 amide bonds. The van der Waals surface area contributed by atoms with Crippen molar-refractivity contribution in [3.8, 4) is 0 Å². The van der Waals surface area contributed by atoms with Crippen LogP contribution in [0.3, 0.4) is 0 Å². The van der Waals surface area contributed by atoms with Gasteiger partial charge in [0.15, 0.2) is 0 Å². The van der Waals surface area contributed by atoms with Crippen molar-refractivity contribution in [3.63, 3.8) is 0 Å². The minimum atomic E-state index is -4.53. The first-order valence-electron chi connectivity index (χ1n) is 10.6. The van der Waals surface area contributed by atoms with Gasteiger partial charge in [0.1, 0.15) is 5.78 Å². The highest BCUT2D eigenvalue weighted by Crippen LogP contribution is 2.57. The van der Waals surface area contributed by atoms with E-state index >= 15 is 0 Å². The van der Waals surface area contributed by atoms with Crippen molar-refractivity contribution >= 4 is 11.7 Å². The van der Waals surface area contributed by atoms with Crippen LogP contribution in [0.4, 0.5) is 13.2 Å². The molecule has 4 rings (SSSR count). The Hall–Kier alpha value is -1.23. The van der Waals surface area contributed by atoms with Crippen LogP contribution in [0.5, 0.6) is 0 Å². The molecular weight excluding hydrogens is 405 g/mol. The van der Waals surface area contributed by atoms with Crippen LogP contribution in [0.25, 0.3) is 0 Å². The molecule has 12 unspecified atom stereocenters. The van der Waals surface area contributed by atoms with Gasteiger partial charge < -0.3 is 26.8 Å². The highest BCUT2D eigenvalue weighted by Gasteiger charge is 2.62. The Morgan fingerprint density at radius 1 is 0.900 bits per heavy atom. The van der Waals surface area contributed by atoms with E-state index in [1.807, 2.05) is 0 Å². The van der Waals surface area contributed by atoms with Crippen LogP contribution in [0.2, 0.25) is 0 Å². The van der Waals surface area contributed by atoms with Crippen molar-refractivity contribution in [2.45, 2.75) is 62.6 Å².